The van der Waals surface area contributed by atoms with E-state index in [2.05, 4.69) is 4.90 Å². The molecule has 0 bridgehead atoms. The lowest BCUT2D eigenvalue weighted by molar-refractivity contribution is 0.308. The zero-order valence-electron chi connectivity index (χ0n) is 13.4. The Kier molecular flexibility index (Phi) is 4.30. The van der Waals surface area contributed by atoms with Crippen LogP contribution in [0.15, 0.2) is 48.0 Å². The standard InChI is InChI=1S/C20H19ClFNO/c21-16-5-8-19-18(11-16)20(14-3-6-17(22)7-4-14)15(13-24-19)12-23-9-1-2-10-23/h3-8,11H,1-2,9-10,12-13H2. The number of benzene rings is 2. The number of hydrogen-bond acceptors (Lipinski definition) is 2. The van der Waals surface area contributed by atoms with Crippen LogP contribution in [0.1, 0.15) is 24.0 Å². The molecule has 0 unspecified atom stereocenters. The largest absolute Gasteiger partial charge is 0.489 e. The minimum absolute atomic E-state index is 0.223. The van der Waals surface area contributed by atoms with E-state index in [1.165, 1.54) is 30.5 Å². The minimum atomic E-state index is -0.223. The number of fused-ring (bicyclic) bond motifs is 1. The van der Waals surface area contributed by atoms with Crippen LogP contribution in [0.4, 0.5) is 4.39 Å². The predicted octanol–water partition coefficient (Wildman–Crippen LogP) is 4.77. The number of halogens is 2. The molecule has 0 aliphatic carbocycles. The lowest BCUT2D eigenvalue weighted by atomic mass is 9.90. The van der Waals surface area contributed by atoms with E-state index in [1.807, 2.05) is 30.3 Å². The van der Waals surface area contributed by atoms with E-state index in [4.69, 9.17) is 16.3 Å². The van der Waals surface area contributed by atoms with Gasteiger partial charge in [-0.15, -0.1) is 0 Å². The van der Waals surface area contributed by atoms with Gasteiger partial charge in [0.2, 0.25) is 0 Å². The van der Waals surface area contributed by atoms with Crippen molar-refractivity contribution < 1.29 is 9.13 Å². The zero-order chi connectivity index (χ0) is 16.5. The molecule has 4 heteroatoms. The highest BCUT2D eigenvalue weighted by molar-refractivity contribution is 6.30. The fourth-order valence-electron chi connectivity index (χ4n) is 3.56. The molecule has 0 aromatic heterocycles. The first-order valence-corrected chi connectivity index (χ1v) is 8.71. The van der Waals surface area contributed by atoms with Crippen LogP contribution in [0.3, 0.4) is 0 Å². The van der Waals surface area contributed by atoms with Gasteiger partial charge in [-0.05, 0) is 73.0 Å². The van der Waals surface area contributed by atoms with E-state index < -0.39 is 0 Å². The van der Waals surface area contributed by atoms with Crippen molar-refractivity contribution in [2.75, 3.05) is 26.2 Å². The topological polar surface area (TPSA) is 12.5 Å². The normalized spacial score (nSPS) is 17.8. The van der Waals surface area contributed by atoms with E-state index >= 15 is 0 Å². The lowest BCUT2D eigenvalue weighted by Gasteiger charge is -2.27. The molecule has 1 fully saturated rings. The maximum absolute atomic E-state index is 13.4. The van der Waals surface area contributed by atoms with E-state index in [-0.39, 0.29) is 5.82 Å². The van der Waals surface area contributed by atoms with Crippen molar-refractivity contribution >= 4 is 17.2 Å². The molecule has 0 spiro atoms. The summed E-state index contributed by atoms with van der Waals surface area (Å²) in [6.45, 7) is 3.71. The average Bonchev–Trinajstić information content (AvgIpc) is 3.09. The highest BCUT2D eigenvalue weighted by atomic mass is 35.5. The van der Waals surface area contributed by atoms with Crippen LogP contribution in [0.25, 0.3) is 5.57 Å². The van der Waals surface area contributed by atoms with Gasteiger partial charge in [0.25, 0.3) is 0 Å². The third kappa shape index (κ3) is 3.06. The minimum Gasteiger partial charge on any atom is -0.489 e. The summed E-state index contributed by atoms with van der Waals surface area (Å²) in [6, 6.07) is 12.4. The van der Waals surface area contributed by atoms with Crippen LogP contribution in [0, 0.1) is 5.82 Å². The molecule has 2 aromatic carbocycles. The van der Waals surface area contributed by atoms with Gasteiger partial charge in [-0.25, -0.2) is 4.39 Å². The van der Waals surface area contributed by atoms with Crippen LogP contribution < -0.4 is 4.74 Å². The molecule has 0 atom stereocenters. The SMILES string of the molecule is Fc1ccc(C2=C(CN3CCCC3)COc3ccc(Cl)cc32)cc1. The van der Waals surface area contributed by atoms with E-state index in [0.29, 0.717) is 11.6 Å². The Bertz CT molecular complexity index is 779. The Balaban J connectivity index is 1.82. The van der Waals surface area contributed by atoms with Crippen LogP contribution in [0.5, 0.6) is 5.75 Å². The molecule has 4 rings (SSSR count). The van der Waals surface area contributed by atoms with E-state index in [0.717, 1.165) is 42.1 Å². The van der Waals surface area contributed by atoms with Gasteiger partial charge >= 0.3 is 0 Å². The average molecular weight is 344 g/mol. The van der Waals surface area contributed by atoms with E-state index in [9.17, 15) is 4.39 Å². The second-order valence-electron chi connectivity index (χ2n) is 6.40. The molecule has 0 amide bonds. The molecule has 0 radical (unpaired) electrons. The van der Waals surface area contributed by atoms with Crippen molar-refractivity contribution in [1.29, 1.82) is 0 Å². The Hall–Kier alpha value is -1.84. The number of nitrogens with zero attached hydrogens (tertiary/aromatic N) is 1. The molecule has 0 N–H and O–H groups in total. The Morgan fingerprint density at radius 2 is 1.79 bits per heavy atom. The summed E-state index contributed by atoms with van der Waals surface area (Å²) in [5, 5.41) is 0.680. The molecule has 24 heavy (non-hydrogen) atoms. The monoisotopic (exact) mass is 343 g/mol. The number of hydrogen-bond donors (Lipinski definition) is 0. The summed E-state index contributed by atoms with van der Waals surface area (Å²) in [6.07, 6.45) is 2.50. The smallest absolute Gasteiger partial charge is 0.127 e. The molecule has 2 nitrogen and oxygen atoms in total. The van der Waals surface area contributed by atoms with Crippen LogP contribution in [-0.2, 0) is 0 Å². The summed E-state index contributed by atoms with van der Waals surface area (Å²) in [7, 11) is 0. The summed E-state index contributed by atoms with van der Waals surface area (Å²) in [4.78, 5) is 2.46. The summed E-state index contributed by atoms with van der Waals surface area (Å²) in [5.74, 6) is 0.614. The number of likely N-dealkylation sites (tertiary alicyclic amines) is 1. The first-order valence-electron chi connectivity index (χ1n) is 8.34. The molecule has 2 heterocycles. The molecule has 2 aliphatic heterocycles. The molecule has 0 saturated carbocycles. The van der Waals surface area contributed by atoms with Gasteiger partial charge in [-0.2, -0.15) is 0 Å². The van der Waals surface area contributed by atoms with Crippen LogP contribution in [0.2, 0.25) is 5.02 Å². The summed E-state index contributed by atoms with van der Waals surface area (Å²) in [5.41, 5.74) is 4.37. The van der Waals surface area contributed by atoms with E-state index in [1.54, 1.807) is 0 Å². The molecular weight excluding hydrogens is 325 g/mol. The van der Waals surface area contributed by atoms with Crippen LogP contribution in [-0.4, -0.2) is 31.1 Å². The molecule has 2 aliphatic rings. The lowest BCUT2D eigenvalue weighted by Crippen LogP contribution is -2.26. The summed E-state index contributed by atoms with van der Waals surface area (Å²) < 4.78 is 19.3. The van der Waals surface area contributed by atoms with Crippen LogP contribution >= 0.6 is 11.6 Å². The first-order chi connectivity index (χ1) is 11.7. The predicted molar refractivity (Wildman–Crippen MR) is 95.0 cm³/mol. The third-order valence-electron chi connectivity index (χ3n) is 4.71. The van der Waals surface area contributed by atoms with Crippen molar-refractivity contribution in [1.82, 2.24) is 4.90 Å². The quantitative estimate of drug-likeness (QED) is 0.796. The van der Waals surface area contributed by atoms with Gasteiger partial charge in [-0.1, -0.05) is 23.7 Å². The molecule has 124 valence electrons. The Labute approximate surface area is 146 Å². The van der Waals surface area contributed by atoms with Crippen molar-refractivity contribution in [2.24, 2.45) is 0 Å². The molecule has 2 aromatic rings. The molecular formula is C20H19ClFNO. The second kappa shape index (κ2) is 6.58. The highest BCUT2D eigenvalue weighted by Gasteiger charge is 2.24. The summed E-state index contributed by atoms with van der Waals surface area (Å²) >= 11 is 6.22. The highest BCUT2D eigenvalue weighted by Crippen LogP contribution is 2.39. The number of rotatable bonds is 3. The van der Waals surface area contributed by atoms with Gasteiger partial charge in [0.15, 0.2) is 0 Å². The van der Waals surface area contributed by atoms with Crippen molar-refractivity contribution in [3.05, 3.63) is 70.0 Å². The maximum atomic E-state index is 13.4. The van der Waals surface area contributed by atoms with Gasteiger partial charge in [0.05, 0.1) is 0 Å². The first kappa shape index (κ1) is 15.7. The van der Waals surface area contributed by atoms with Gasteiger partial charge in [0, 0.05) is 17.1 Å². The van der Waals surface area contributed by atoms with Gasteiger partial charge < -0.3 is 4.74 Å². The number of ether oxygens (including phenoxy) is 1. The Morgan fingerprint density at radius 3 is 2.54 bits per heavy atom. The third-order valence-corrected chi connectivity index (χ3v) is 4.95. The molecule has 1 saturated heterocycles. The Morgan fingerprint density at radius 1 is 1.04 bits per heavy atom. The second-order valence-corrected chi connectivity index (χ2v) is 6.83. The van der Waals surface area contributed by atoms with Crippen molar-refractivity contribution in [3.8, 4) is 5.75 Å². The zero-order valence-corrected chi connectivity index (χ0v) is 14.2. The maximum Gasteiger partial charge on any atom is 0.127 e. The van der Waals surface area contributed by atoms with Gasteiger partial charge in [-0.3, -0.25) is 4.90 Å². The van der Waals surface area contributed by atoms with Crippen molar-refractivity contribution in [3.63, 3.8) is 0 Å². The fraction of sp³-hybridized carbons (Fsp3) is 0.300. The van der Waals surface area contributed by atoms with Crippen molar-refractivity contribution in [2.45, 2.75) is 12.8 Å². The fourth-order valence-corrected chi connectivity index (χ4v) is 3.73. The van der Waals surface area contributed by atoms with Gasteiger partial charge in [0.1, 0.15) is 18.2 Å².